The van der Waals surface area contributed by atoms with E-state index in [-0.39, 0.29) is 28.4 Å². The average Bonchev–Trinajstić information content (AvgIpc) is 3.97. The van der Waals surface area contributed by atoms with E-state index in [0.717, 1.165) is 92.9 Å². The second-order valence-electron chi connectivity index (χ2n) is 16.7. The van der Waals surface area contributed by atoms with Gasteiger partial charge in [-0.05, 0) is 122 Å². The standard InChI is InChI=1S/C63H42N2S/c1-4-23-45(24-5-1)64(46-25-6-2-7-26-46)48-37-39-57-54(41-48)55-42-49(65(47-27-8-3-9-28-47)60-35-17-22-44-20-11-13-30-51(44)60)38-40-58(55)63(57,56-33-16-21-43-19-10-12-29-50(43)56)59-34-18-32-53-52-31-14-15-36-61(52)66-62(53)59/h1-42H/i10D,12D,16D,19D,21D,29D,33D. The summed E-state index contributed by atoms with van der Waals surface area (Å²) in [5.41, 5.74) is 8.42. The number of hydrogen-bond donors (Lipinski definition) is 0. The number of anilines is 6. The molecule has 310 valence electrons. The second kappa shape index (κ2) is 15.5. The summed E-state index contributed by atoms with van der Waals surface area (Å²) in [6.07, 6.45) is 0. The molecular formula is C63H42N2S. The molecule has 0 N–H and O–H groups in total. The first-order valence-corrected chi connectivity index (χ1v) is 22.9. The maximum atomic E-state index is 10.2. The monoisotopic (exact) mass is 865 g/mol. The van der Waals surface area contributed by atoms with Gasteiger partial charge in [-0.3, -0.25) is 0 Å². The Morgan fingerprint density at radius 1 is 0.348 bits per heavy atom. The number of para-hydroxylation sites is 3. The zero-order chi connectivity index (χ0) is 49.7. The summed E-state index contributed by atoms with van der Waals surface area (Å²) < 4.78 is 68.3. The van der Waals surface area contributed by atoms with Crippen molar-refractivity contribution in [1.82, 2.24) is 0 Å². The van der Waals surface area contributed by atoms with Crippen LogP contribution in [0.25, 0.3) is 52.8 Å². The Morgan fingerprint density at radius 3 is 1.61 bits per heavy atom. The lowest BCUT2D eigenvalue weighted by Crippen LogP contribution is -2.29. The van der Waals surface area contributed by atoms with Gasteiger partial charge in [0.05, 0.1) is 20.7 Å². The largest absolute Gasteiger partial charge is 0.310 e. The molecule has 0 aliphatic heterocycles. The fraction of sp³-hybridized carbons (Fsp3) is 0.0159. The van der Waals surface area contributed by atoms with Crippen LogP contribution in [0.2, 0.25) is 0 Å². The van der Waals surface area contributed by atoms with E-state index in [9.17, 15) is 6.85 Å². The molecule has 0 radical (unpaired) electrons. The normalized spacial score (nSPS) is 15.6. The van der Waals surface area contributed by atoms with Crippen molar-refractivity contribution in [2.75, 3.05) is 9.80 Å². The molecule has 1 atom stereocenters. The SMILES string of the molecule is [2H]c1c([2H])c([2H])c2c(C3(c4cccc5c4sc4ccccc45)c4ccc(N(c5ccccc5)c5ccccc5)cc4-c4cc(N(c5ccccc5)c5cccc6ccccc56)ccc43)c([2H])c([2H])c([2H])c2c1[2H]. The molecule has 1 aliphatic carbocycles. The Hall–Kier alpha value is -8.24. The van der Waals surface area contributed by atoms with Crippen molar-refractivity contribution in [2.45, 2.75) is 5.41 Å². The first kappa shape index (κ1) is 31.6. The summed E-state index contributed by atoms with van der Waals surface area (Å²) in [7, 11) is 0. The lowest BCUT2D eigenvalue weighted by molar-refractivity contribution is 0.786. The summed E-state index contributed by atoms with van der Waals surface area (Å²) >= 11 is 1.64. The van der Waals surface area contributed by atoms with E-state index in [1.165, 1.54) is 0 Å². The second-order valence-corrected chi connectivity index (χ2v) is 17.7. The zero-order valence-electron chi connectivity index (χ0n) is 42.5. The Morgan fingerprint density at radius 2 is 0.894 bits per heavy atom. The van der Waals surface area contributed by atoms with Crippen molar-refractivity contribution in [3.05, 3.63) is 277 Å². The van der Waals surface area contributed by atoms with Gasteiger partial charge in [-0.1, -0.05) is 182 Å². The van der Waals surface area contributed by atoms with Gasteiger partial charge in [0.2, 0.25) is 0 Å². The zero-order valence-corrected chi connectivity index (χ0v) is 36.3. The highest BCUT2D eigenvalue weighted by atomic mass is 32.1. The highest BCUT2D eigenvalue weighted by Crippen LogP contribution is 2.61. The fourth-order valence-corrected chi connectivity index (χ4v) is 11.7. The number of thiophene rings is 1. The van der Waals surface area contributed by atoms with Gasteiger partial charge in [-0.25, -0.2) is 0 Å². The minimum Gasteiger partial charge on any atom is -0.310 e. The molecule has 1 heterocycles. The highest BCUT2D eigenvalue weighted by molar-refractivity contribution is 7.26. The summed E-state index contributed by atoms with van der Waals surface area (Å²) in [4.78, 5) is 4.50. The molecule has 0 fully saturated rings. The van der Waals surface area contributed by atoms with Crippen LogP contribution in [-0.2, 0) is 5.41 Å². The molecule has 1 aromatic heterocycles. The molecule has 0 bridgehead atoms. The van der Waals surface area contributed by atoms with Gasteiger partial charge < -0.3 is 9.80 Å². The quantitative estimate of drug-likeness (QED) is 0.150. The summed E-state index contributed by atoms with van der Waals surface area (Å²) in [6.45, 7) is 0. The molecule has 13 rings (SSSR count). The van der Waals surface area contributed by atoms with Crippen LogP contribution in [0, 0.1) is 0 Å². The summed E-state index contributed by atoms with van der Waals surface area (Å²) in [6, 6.07) is 70.1. The first-order chi connectivity index (χ1) is 35.7. The van der Waals surface area contributed by atoms with Crippen LogP contribution in [0.3, 0.4) is 0 Å². The van der Waals surface area contributed by atoms with Gasteiger partial charge in [-0.2, -0.15) is 0 Å². The lowest BCUT2D eigenvalue weighted by Gasteiger charge is -2.36. The first-order valence-electron chi connectivity index (χ1n) is 25.6. The summed E-state index contributed by atoms with van der Waals surface area (Å²) in [5, 5.41) is 4.21. The van der Waals surface area contributed by atoms with Crippen LogP contribution in [-0.4, -0.2) is 0 Å². The van der Waals surface area contributed by atoms with Gasteiger partial charge >= 0.3 is 0 Å². The maximum absolute atomic E-state index is 10.2. The van der Waals surface area contributed by atoms with Gasteiger partial charge in [0.1, 0.15) is 0 Å². The van der Waals surface area contributed by atoms with Crippen molar-refractivity contribution in [3.8, 4) is 11.1 Å². The topological polar surface area (TPSA) is 6.48 Å². The molecule has 1 aliphatic rings. The van der Waals surface area contributed by atoms with Crippen LogP contribution >= 0.6 is 11.3 Å². The van der Waals surface area contributed by atoms with Crippen molar-refractivity contribution in [1.29, 1.82) is 0 Å². The van der Waals surface area contributed by atoms with Crippen molar-refractivity contribution >= 4 is 87.2 Å². The third-order valence-corrected chi connectivity index (χ3v) is 14.4. The molecule has 0 spiro atoms. The van der Waals surface area contributed by atoms with Crippen LogP contribution in [0.4, 0.5) is 34.1 Å². The Bertz CT molecular complexity index is 4150. The molecule has 11 aromatic carbocycles. The predicted octanol–water partition coefficient (Wildman–Crippen LogP) is 17.7. The van der Waals surface area contributed by atoms with E-state index < -0.39 is 35.6 Å². The van der Waals surface area contributed by atoms with E-state index >= 15 is 0 Å². The Labute approximate surface area is 398 Å². The molecule has 66 heavy (non-hydrogen) atoms. The predicted molar refractivity (Wildman–Crippen MR) is 281 cm³/mol. The summed E-state index contributed by atoms with van der Waals surface area (Å²) in [5.74, 6) is 0. The van der Waals surface area contributed by atoms with E-state index in [4.69, 9.17) is 2.74 Å². The number of rotatable bonds is 8. The van der Waals surface area contributed by atoms with Crippen LogP contribution in [0.5, 0.6) is 0 Å². The number of hydrogen-bond acceptors (Lipinski definition) is 3. The van der Waals surface area contributed by atoms with Gasteiger partial charge in [-0.15, -0.1) is 11.3 Å². The van der Waals surface area contributed by atoms with Gasteiger partial charge in [0.25, 0.3) is 0 Å². The Kier molecular flexibility index (Phi) is 7.41. The number of nitrogens with zero attached hydrogens (tertiary/aromatic N) is 2. The van der Waals surface area contributed by atoms with Crippen molar-refractivity contribution in [2.24, 2.45) is 0 Å². The molecule has 3 heteroatoms. The van der Waals surface area contributed by atoms with E-state index in [0.29, 0.717) is 0 Å². The molecule has 12 aromatic rings. The minimum absolute atomic E-state index is 0.0546. The van der Waals surface area contributed by atoms with Crippen molar-refractivity contribution < 1.29 is 9.60 Å². The van der Waals surface area contributed by atoms with Crippen LogP contribution in [0.15, 0.2) is 255 Å². The highest BCUT2D eigenvalue weighted by Gasteiger charge is 2.48. The van der Waals surface area contributed by atoms with E-state index in [2.05, 4.69) is 143 Å². The molecule has 0 saturated carbocycles. The number of fused-ring (bicyclic) bond motifs is 8. The molecule has 1 unspecified atom stereocenters. The maximum Gasteiger partial charge on any atom is 0.0733 e. The molecular weight excluding hydrogens is 817 g/mol. The lowest BCUT2D eigenvalue weighted by atomic mass is 9.66. The minimum atomic E-state index is -1.47. The van der Waals surface area contributed by atoms with Gasteiger partial charge in [0, 0.05) is 54.0 Å². The third-order valence-electron chi connectivity index (χ3n) is 13.2. The van der Waals surface area contributed by atoms with E-state index in [1.54, 1.807) is 11.3 Å². The Balaban J connectivity index is 1.22. The van der Waals surface area contributed by atoms with Crippen LogP contribution < -0.4 is 9.80 Å². The smallest absolute Gasteiger partial charge is 0.0733 e. The fourth-order valence-electron chi connectivity index (χ4n) is 10.4. The third kappa shape index (κ3) is 5.87. The number of benzene rings is 11. The molecule has 0 saturated heterocycles. The van der Waals surface area contributed by atoms with Gasteiger partial charge in [0.15, 0.2) is 0 Å². The molecule has 0 amide bonds. The van der Waals surface area contributed by atoms with Crippen LogP contribution in [0.1, 0.15) is 31.8 Å². The van der Waals surface area contributed by atoms with E-state index in [1.807, 2.05) is 78.9 Å². The molecule has 2 nitrogen and oxygen atoms in total. The van der Waals surface area contributed by atoms with Crippen molar-refractivity contribution in [3.63, 3.8) is 0 Å². The average molecular weight is 866 g/mol.